The smallest absolute Gasteiger partial charge is 0.123 e. The van der Waals surface area contributed by atoms with Crippen LogP contribution in [0.3, 0.4) is 0 Å². The van der Waals surface area contributed by atoms with E-state index in [2.05, 4.69) is 52.8 Å². The van der Waals surface area contributed by atoms with Crippen LogP contribution in [0.25, 0.3) is 6.08 Å². The maximum Gasteiger partial charge on any atom is 0.123 e. The van der Waals surface area contributed by atoms with Crippen molar-refractivity contribution in [2.75, 3.05) is 0 Å². The molecule has 0 aliphatic carbocycles. The van der Waals surface area contributed by atoms with Crippen molar-refractivity contribution in [1.82, 2.24) is 0 Å². The fraction of sp³-hybridized carbons (Fsp3) is 0.400. The molecular weight excluding hydrogens is 333 g/mol. The van der Waals surface area contributed by atoms with Gasteiger partial charge in [-0.05, 0) is 49.5 Å². The van der Waals surface area contributed by atoms with Crippen LogP contribution < -0.4 is 0 Å². The van der Waals surface area contributed by atoms with Gasteiger partial charge < -0.3 is 5.41 Å². The Labute approximate surface area is 164 Å². The lowest BCUT2D eigenvalue weighted by molar-refractivity contribution is 0.288. The Morgan fingerprint density at radius 2 is 1.56 bits per heavy atom. The Bertz CT molecular complexity index is 746. The number of nitrogens with one attached hydrogen (secondary N) is 1. The van der Waals surface area contributed by atoms with E-state index in [4.69, 9.17) is 5.41 Å². The summed E-state index contributed by atoms with van der Waals surface area (Å²) >= 11 is 0. The van der Waals surface area contributed by atoms with Gasteiger partial charge in [-0.25, -0.2) is 4.39 Å². The van der Waals surface area contributed by atoms with Crippen molar-refractivity contribution in [2.45, 2.75) is 60.1 Å². The van der Waals surface area contributed by atoms with Gasteiger partial charge in [-0.3, -0.25) is 0 Å². The first-order chi connectivity index (χ1) is 12.5. The van der Waals surface area contributed by atoms with E-state index < -0.39 is 5.67 Å². The van der Waals surface area contributed by atoms with Crippen molar-refractivity contribution in [1.29, 1.82) is 5.41 Å². The van der Waals surface area contributed by atoms with Gasteiger partial charge in [-0.2, -0.15) is 0 Å². The van der Waals surface area contributed by atoms with Crippen LogP contribution in [0.2, 0.25) is 0 Å². The molecule has 1 N–H and O–H groups in total. The van der Waals surface area contributed by atoms with E-state index in [0.717, 1.165) is 22.6 Å². The number of rotatable bonds is 5. The minimum Gasteiger partial charge on any atom is -0.304 e. The molecule has 0 heterocycles. The summed E-state index contributed by atoms with van der Waals surface area (Å²) < 4.78 is 13.5. The summed E-state index contributed by atoms with van der Waals surface area (Å²) in [5.74, 6) is 0.876. The first-order valence-electron chi connectivity index (χ1n) is 9.63. The molecule has 0 radical (unpaired) electrons. The van der Waals surface area contributed by atoms with Gasteiger partial charge >= 0.3 is 0 Å². The zero-order valence-corrected chi connectivity index (χ0v) is 17.8. The van der Waals surface area contributed by atoms with Gasteiger partial charge in [0.1, 0.15) is 5.67 Å². The molecule has 0 saturated carbocycles. The first kappa shape index (κ1) is 22.8. The summed E-state index contributed by atoms with van der Waals surface area (Å²) in [6.45, 7) is 13.7. The first-order valence-corrected chi connectivity index (χ1v) is 9.63. The highest BCUT2D eigenvalue weighted by atomic mass is 19.1. The third-order valence-corrected chi connectivity index (χ3v) is 3.87. The largest absolute Gasteiger partial charge is 0.304 e. The summed E-state index contributed by atoms with van der Waals surface area (Å²) in [5, 5.41) is 8.44. The third kappa shape index (κ3) is 8.81. The number of alkyl halides is 1. The highest BCUT2D eigenvalue weighted by molar-refractivity contribution is 6.02. The van der Waals surface area contributed by atoms with Crippen molar-refractivity contribution < 1.29 is 4.39 Å². The minimum atomic E-state index is -1.31. The molecule has 1 nitrogen and oxygen atoms in total. The van der Waals surface area contributed by atoms with E-state index in [1.165, 1.54) is 19.4 Å². The van der Waals surface area contributed by atoms with Crippen LogP contribution in [-0.2, 0) is 0 Å². The van der Waals surface area contributed by atoms with Gasteiger partial charge in [0.05, 0.1) is 0 Å². The van der Waals surface area contributed by atoms with E-state index in [9.17, 15) is 4.39 Å². The molecule has 0 saturated heterocycles. The topological polar surface area (TPSA) is 23.9 Å². The minimum absolute atomic E-state index is 0.0427. The molecule has 2 aromatic carbocycles. The summed E-state index contributed by atoms with van der Waals surface area (Å²) in [5.41, 5.74) is 3.48. The van der Waals surface area contributed by atoms with Crippen LogP contribution in [-0.4, -0.2) is 11.4 Å². The predicted octanol–water partition coefficient (Wildman–Crippen LogP) is 7.59. The molecule has 2 aromatic rings. The molecule has 0 amide bonds. The molecule has 27 heavy (non-hydrogen) atoms. The quantitative estimate of drug-likeness (QED) is 0.526. The molecule has 0 fully saturated rings. The average molecular weight is 368 g/mol. The number of benzene rings is 2. The molecular formula is C25H34FN. The van der Waals surface area contributed by atoms with E-state index in [0.29, 0.717) is 5.71 Å². The lowest BCUT2D eigenvalue weighted by Gasteiger charge is -2.15. The molecule has 2 heteroatoms. The third-order valence-electron chi connectivity index (χ3n) is 3.87. The van der Waals surface area contributed by atoms with Crippen LogP contribution in [0.15, 0.2) is 54.6 Å². The summed E-state index contributed by atoms with van der Waals surface area (Å²) in [7, 11) is 0. The SMILES string of the molecule is CC(C)C.Cc1cccc(C(C)C(=N)c2ccc(/C=C/C(C)(C)F)cc2)c1. The van der Waals surface area contributed by atoms with E-state index in [-0.39, 0.29) is 5.92 Å². The summed E-state index contributed by atoms with van der Waals surface area (Å²) in [6, 6.07) is 16.0. The molecule has 0 aliphatic heterocycles. The van der Waals surface area contributed by atoms with Crippen molar-refractivity contribution in [3.63, 3.8) is 0 Å². The molecule has 0 bridgehead atoms. The van der Waals surface area contributed by atoms with Crippen molar-refractivity contribution in [2.24, 2.45) is 5.92 Å². The molecule has 2 rings (SSSR count). The predicted molar refractivity (Wildman–Crippen MR) is 118 cm³/mol. The zero-order chi connectivity index (χ0) is 20.6. The normalized spacial score (nSPS) is 12.6. The summed E-state index contributed by atoms with van der Waals surface area (Å²) in [4.78, 5) is 0. The number of aryl methyl sites for hydroxylation is 1. The second-order valence-electron chi connectivity index (χ2n) is 8.30. The number of hydrogen-bond donors (Lipinski definition) is 1. The maximum atomic E-state index is 13.5. The van der Waals surface area contributed by atoms with Crippen molar-refractivity contribution in [3.05, 3.63) is 76.9 Å². The lowest BCUT2D eigenvalue weighted by atomic mass is 9.90. The van der Waals surface area contributed by atoms with E-state index in [1.54, 1.807) is 12.2 Å². The van der Waals surface area contributed by atoms with Gasteiger partial charge in [0.2, 0.25) is 0 Å². The zero-order valence-electron chi connectivity index (χ0n) is 17.8. The number of halogens is 1. The Kier molecular flexibility index (Phi) is 8.62. The van der Waals surface area contributed by atoms with Gasteiger partial charge in [-0.1, -0.05) is 87.9 Å². The van der Waals surface area contributed by atoms with E-state index in [1.807, 2.05) is 30.3 Å². The Hall–Kier alpha value is -2.22. The average Bonchev–Trinajstić information content (AvgIpc) is 2.58. The molecule has 0 aromatic heterocycles. The molecule has 0 aliphatic rings. The van der Waals surface area contributed by atoms with Gasteiger partial charge in [0, 0.05) is 11.6 Å². The van der Waals surface area contributed by atoms with Gasteiger partial charge in [-0.15, -0.1) is 0 Å². The second kappa shape index (κ2) is 10.2. The number of allylic oxidation sites excluding steroid dienone is 1. The van der Waals surface area contributed by atoms with Crippen LogP contribution in [0, 0.1) is 18.3 Å². The standard InChI is InChI=1S/C21H24FN.C4H10/c1-15-6-5-7-19(14-15)16(2)20(23)18-10-8-17(9-11-18)12-13-21(3,4)22;1-4(2)3/h5-14,16,23H,1-4H3;4H,1-3H3/b13-12+,23-20?;. The van der Waals surface area contributed by atoms with Gasteiger partial charge in [0.25, 0.3) is 0 Å². The summed E-state index contributed by atoms with van der Waals surface area (Å²) in [6.07, 6.45) is 3.32. The van der Waals surface area contributed by atoms with Gasteiger partial charge in [0.15, 0.2) is 0 Å². The van der Waals surface area contributed by atoms with Crippen molar-refractivity contribution in [3.8, 4) is 0 Å². The highest BCUT2D eigenvalue weighted by Gasteiger charge is 2.14. The highest BCUT2D eigenvalue weighted by Crippen LogP contribution is 2.22. The fourth-order valence-corrected chi connectivity index (χ4v) is 2.42. The van der Waals surface area contributed by atoms with Crippen LogP contribution in [0.5, 0.6) is 0 Å². The second-order valence-corrected chi connectivity index (χ2v) is 8.30. The Morgan fingerprint density at radius 1 is 1.00 bits per heavy atom. The van der Waals surface area contributed by atoms with Crippen LogP contribution in [0.1, 0.15) is 69.7 Å². The fourth-order valence-electron chi connectivity index (χ4n) is 2.42. The lowest BCUT2D eigenvalue weighted by Crippen LogP contribution is -2.09. The Morgan fingerprint density at radius 3 is 2.04 bits per heavy atom. The van der Waals surface area contributed by atoms with E-state index >= 15 is 0 Å². The van der Waals surface area contributed by atoms with Crippen LogP contribution in [0.4, 0.5) is 4.39 Å². The maximum absolute atomic E-state index is 13.5. The molecule has 146 valence electrons. The number of hydrogen-bond acceptors (Lipinski definition) is 1. The van der Waals surface area contributed by atoms with Crippen molar-refractivity contribution >= 4 is 11.8 Å². The van der Waals surface area contributed by atoms with Crippen LogP contribution >= 0.6 is 0 Å². The monoisotopic (exact) mass is 367 g/mol. The molecule has 1 atom stereocenters. The molecule has 0 spiro atoms. The Balaban J connectivity index is 0.000000828. The molecule has 1 unspecified atom stereocenters.